The second-order valence-corrected chi connectivity index (χ2v) is 18.6. The first-order chi connectivity index (χ1) is 27.8. The molecule has 0 N–H and O–H groups in total. The molecule has 0 fully saturated rings. The van der Waals surface area contributed by atoms with Gasteiger partial charge in [0.05, 0.1) is 11.0 Å². The minimum atomic E-state index is -2.96. The molecule has 10 aromatic rings. The van der Waals surface area contributed by atoms with Crippen molar-refractivity contribution in [3.05, 3.63) is 224 Å². The summed E-state index contributed by atoms with van der Waals surface area (Å²) in [6.45, 7) is 0. The molecule has 1 nitrogen and oxygen atoms in total. The van der Waals surface area contributed by atoms with Crippen LogP contribution in [0, 0.1) is 0 Å². The number of hydrogen-bond donors (Lipinski definition) is 0. The van der Waals surface area contributed by atoms with Crippen LogP contribution in [0.4, 0.5) is 0 Å². The van der Waals surface area contributed by atoms with Gasteiger partial charge in [-0.05, 0) is 89.5 Å². The minimum Gasteiger partial charge on any atom is -0.309 e. The average molecular weight is 728 g/mol. The second kappa shape index (κ2) is 13.1. The summed E-state index contributed by atoms with van der Waals surface area (Å²) in [6.07, 6.45) is 0. The van der Waals surface area contributed by atoms with Crippen molar-refractivity contribution in [2.24, 2.45) is 0 Å². The first-order valence-electron chi connectivity index (χ1n) is 19.4. The highest BCUT2D eigenvalue weighted by atomic mass is 28.3. The Balaban J connectivity index is 1.25. The Morgan fingerprint density at radius 3 is 1.20 bits per heavy atom. The normalized spacial score (nSPS) is 11.9. The van der Waals surface area contributed by atoms with Crippen molar-refractivity contribution in [2.45, 2.75) is 0 Å². The summed E-state index contributed by atoms with van der Waals surface area (Å²) in [7, 11) is -2.96. The summed E-state index contributed by atoms with van der Waals surface area (Å²) < 4.78 is 2.42. The van der Waals surface area contributed by atoms with Crippen molar-refractivity contribution in [1.29, 1.82) is 0 Å². The Labute approximate surface area is 328 Å². The molecule has 1 aromatic heterocycles. The van der Waals surface area contributed by atoms with E-state index in [1.807, 2.05) is 0 Å². The van der Waals surface area contributed by atoms with Gasteiger partial charge in [0.1, 0.15) is 0 Å². The number of rotatable bonds is 5. The minimum absolute atomic E-state index is 1.17. The van der Waals surface area contributed by atoms with E-state index < -0.39 is 8.07 Å². The Bertz CT molecular complexity index is 3020. The lowest BCUT2D eigenvalue weighted by Crippen LogP contribution is -2.74. The molecule has 0 saturated carbocycles. The van der Waals surface area contributed by atoms with E-state index in [1.54, 1.807) is 0 Å². The fourth-order valence-electron chi connectivity index (χ4n) is 9.53. The van der Waals surface area contributed by atoms with Gasteiger partial charge in [0.25, 0.3) is 0 Å². The first kappa shape index (κ1) is 32.4. The highest BCUT2D eigenvalue weighted by Gasteiger charge is 2.42. The van der Waals surface area contributed by atoms with Crippen LogP contribution in [0.5, 0.6) is 0 Å². The number of benzene rings is 9. The monoisotopic (exact) mass is 727 g/mol. The lowest BCUT2D eigenvalue weighted by atomic mass is 9.81. The van der Waals surface area contributed by atoms with Crippen LogP contribution in [0.1, 0.15) is 0 Å². The van der Waals surface area contributed by atoms with Gasteiger partial charge in [-0.2, -0.15) is 0 Å². The number of nitrogens with zero attached hydrogens (tertiary/aromatic N) is 1. The van der Waals surface area contributed by atoms with Crippen LogP contribution in [-0.4, -0.2) is 12.6 Å². The van der Waals surface area contributed by atoms with E-state index in [2.05, 4.69) is 229 Å². The van der Waals surface area contributed by atoms with Gasteiger partial charge in [-0.3, -0.25) is 0 Å². The van der Waals surface area contributed by atoms with Crippen LogP contribution in [0.2, 0.25) is 0 Å². The lowest BCUT2D eigenvalue weighted by molar-refractivity contribution is 1.18. The highest BCUT2D eigenvalue weighted by Crippen LogP contribution is 2.47. The molecule has 9 aromatic carbocycles. The molecule has 1 aliphatic rings. The molecule has 262 valence electrons. The fraction of sp³-hybridized carbons (Fsp3) is 0. The SMILES string of the molecule is c1ccc(-n2c3ccccc3c3cc([Si](c4ccccc4)(c4ccccc4)c4ccc5c(c4)-c4ccccc4-c4ccccc4-c4ccccc4-5)ccc32)cc1. The van der Waals surface area contributed by atoms with Gasteiger partial charge in [-0.25, -0.2) is 0 Å². The number of fused-ring (bicyclic) bond motifs is 11. The summed E-state index contributed by atoms with van der Waals surface area (Å²) >= 11 is 0. The summed E-state index contributed by atoms with van der Waals surface area (Å²) in [6, 6.07) is 83.9. The predicted molar refractivity (Wildman–Crippen MR) is 240 cm³/mol. The van der Waals surface area contributed by atoms with Gasteiger partial charge < -0.3 is 4.57 Å². The molecule has 0 bridgehead atoms. The fourth-order valence-corrected chi connectivity index (χ4v) is 14.3. The molecular weight excluding hydrogens is 691 g/mol. The van der Waals surface area contributed by atoms with E-state index in [1.165, 1.54) is 92.7 Å². The number of para-hydroxylation sites is 2. The third kappa shape index (κ3) is 4.86. The van der Waals surface area contributed by atoms with Crippen LogP contribution in [0.3, 0.4) is 0 Å². The third-order valence-electron chi connectivity index (χ3n) is 11.9. The molecule has 0 spiro atoms. The van der Waals surface area contributed by atoms with Crippen molar-refractivity contribution in [3.8, 4) is 50.2 Å². The summed E-state index contributed by atoms with van der Waals surface area (Å²) in [5.41, 5.74) is 13.7. The van der Waals surface area contributed by atoms with E-state index >= 15 is 0 Å². The van der Waals surface area contributed by atoms with Crippen LogP contribution >= 0.6 is 0 Å². The van der Waals surface area contributed by atoms with Crippen molar-refractivity contribution < 1.29 is 0 Å². The van der Waals surface area contributed by atoms with Gasteiger partial charge in [0.2, 0.25) is 0 Å². The van der Waals surface area contributed by atoms with E-state index in [0.29, 0.717) is 0 Å². The van der Waals surface area contributed by atoms with E-state index in [-0.39, 0.29) is 0 Å². The van der Waals surface area contributed by atoms with Crippen molar-refractivity contribution >= 4 is 50.6 Å². The third-order valence-corrected chi connectivity index (χ3v) is 16.7. The molecule has 0 radical (unpaired) electrons. The summed E-state index contributed by atoms with van der Waals surface area (Å²) in [5.74, 6) is 0. The number of aromatic nitrogens is 1. The highest BCUT2D eigenvalue weighted by molar-refractivity contribution is 7.20. The lowest BCUT2D eigenvalue weighted by Gasteiger charge is -2.35. The molecule has 11 rings (SSSR count). The van der Waals surface area contributed by atoms with E-state index in [0.717, 1.165) is 0 Å². The van der Waals surface area contributed by atoms with E-state index in [4.69, 9.17) is 0 Å². The topological polar surface area (TPSA) is 4.93 Å². The van der Waals surface area contributed by atoms with E-state index in [9.17, 15) is 0 Å². The Hall–Kier alpha value is -7.00. The molecular formula is C54H37NSi. The molecule has 2 heteroatoms. The smallest absolute Gasteiger partial charge is 0.179 e. The van der Waals surface area contributed by atoms with Gasteiger partial charge in [0, 0.05) is 16.5 Å². The summed E-state index contributed by atoms with van der Waals surface area (Å²) in [5, 5.41) is 7.99. The van der Waals surface area contributed by atoms with Crippen LogP contribution in [0.15, 0.2) is 224 Å². The maximum Gasteiger partial charge on any atom is 0.179 e. The molecule has 0 unspecified atom stereocenters. The Kier molecular flexibility index (Phi) is 7.58. The van der Waals surface area contributed by atoms with Crippen molar-refractivity contribution in [1.82, 2.24) is 4.57 Å². The standard InChI is InChI=1S/C54H37NSi/c1-4-18-38(19-5-1)55-53-31-17-16-30-50(53)52-37-42(33-35-54(52)55)56(39-20-6-2-7-21-39,40-22-8-3-9-23-40)41-32-34-49-47-28-13-12-26-45(47)43-24-10-11-25-44(43)46-27-14-15-29-48(46)51(49)36-41/h1-37H. The zero-order chi connectivity index (χ0) is 37.1. The zero-order valence-electron chi connectivity index (χ0n) is 30.8. The molecule has 56 heavy (non-hydrogen) atoms. The maximum atomic E-state index is 2.56. The molecule has 1 heterocycles. The molecule has 0 saturated heterocycles. The molecule has 0 amide bonds. The van der Waals surface area contributed by atoms with Crippen molar-refractivity contribution in [2.75, 3.05) is 0 Å². The summed E-state index contributed by atoms with van der Waals surface area (Å²) in [4.78, 5) is 0. The molecule has 0 atom stereocenters. The Morgan fingerprint density at radius 2 is 0.643 bits per heavy atom. The Morgan fingerprint density at radius 1 is 0.250 bits per heavy atom. The number of hydrogen-bond acceptors (Lipinski definition) is 0. The van der Waals surface area contributed by atoms with Gasteiger partial charge in [-0.1, -0.05) is 200 Å². The predicted octanol–water partition coefficient (Wildman–Crippen LogP) is 11.1. The van der Waals surface area contributed by atoms with Crippen LogP contribution in [-0.2, 0) is 0 Å². The van der Waals surface area contributed by atoms with Gasteiger partial charge >= 0.3 is 0 Å². The quantitative estimate of drug-likeness (QED) is 0.123. The largest absolute Gasteiger partial charge is 0.309 e. The van der Waals surface area contributed by atoms with Crippen LogP contribution < -0.4 is 20.7 Å². The van der Waals surface area contributed by atoms with Crippen molar-refractivity contribution in [3.63, 3.8) is 0 Å². The average Bonchev–Trinajstić information content (AvgIpc) is 3.61. The molecule has 1 aliphatic carbocycles. The second-order valence-electron chi connectivity index (χ2n) is 14.8. The van der Waals surface area contributed by atoms with Gasteiger partial charge in [0.15, 0.2) is 8.07 Å². The maximum absolute atomic E-state index is 2.96. The molecule has 0 aliphatic heterocycles. The van der Waals surface area contributed by atoms with Gasteiger partial charge in [-0.15, -0.1) is 0 Å². The zero-order valence-corrected chi connectivity index (χ0v) is 31.8. The first-order valence-corrected chi connectivity index (χ1v) is 21.4. The van der Waals surface area contributed by atoms with Crippen LogP contribution in [0.25, 0.3) is 72.0 Å².